The van der Waals surface area contributed by atoms with Gasteiger partial charge in [0.25, 0.3) is 0 Å². The van der Waals surface area contributed by atoms with E-state index in [1.165, 1.54) is 31.4 Å². The molecule has 1 atom stereocenters. The molecule has 0 amide bonds. The fourth-order valence-electron chi connectivity index (χ4n) is 2.26. The molecule has 15 heavy (non-hydrogen) atoms. The number of anilines is 1. The van der Waals surface area contributed by atoms with Gasteiger partial charge in [-0.05, 0) is 32.1 Å². The van der Waals surface area contributed by atoms with Crippen LogP contribution in [0.2, 0.25) is 0 Å². The van der Waals surface area contributed by atoms with Gasteiger partial charge in [0.2, 0.25) is 0 Å². The second kappa shape index (κ2) is 3.52. The van der Waals surface area contributed by atoms with Crippen molar-refractivity contribution in [2.45, 2.75) is 44.2 Å². The highest BCUT2D eigenvalue weighted by Gasteiger charge is 2.30. The Hall–Kier alpha value is -1.03. The van der Waals surface area contributed by atoms with Gasteiger partial charge in [0.1, 0.15) is 5.82 Å². The number of nitrogens with two attached hydrogens (primary N) is 1. The van der Waals surface area contributed by atoms with E-state index in [2.05, 4.69) is 5.10 Å². The maximum Gasteiger partial charge on any atom is 0.150 e. The summed E-state index contributed by atoms with van der Waals surface area (Å²) in [5.41, 5.74) is 7.04. The van der Waals surface area contributed by atoms with E-state index in [1.54, 1.807) is 0 Å². The van der Waals surface area contributed by atoms with E-state index in [1.807, 2.05) is 10.7 Å². The SMILES string of the molecule is Nc1cc(C2CC2)n(C2CCCCO2)n1. The van der Waals surface area contributed by atoms with Crippen LogP contribution >= 0.6 is 0 Å². The summed E-state index contributed by atoms with van der Waals surface area (Å²) < 4.78 is 7.76. The molecule has 1 saturated heterocycles. The quantitative estimate of drug-likeness (QED) is 0.807. The van der Waals surface area contributed by atoms with Crippen LogP contribution in [0.3, 0.4) is 0 Å². The molecule has 4 heteroatoms. The summed E-state index contributed by atoms with van der Waals surface area (Å²) in [5.74, 6) is 1.31. The van der Waals surface area contributed by atoms with Crippen molar-refractivity contribution in [2.24, 2.45) is 0 Å². The van der Waals surface area contributed by atoms with Gasteiger partial charge in [0.15, 0.2) is 6.23 Å². The van der Waals surface area contributed by atoms with Crippen LogP contribution in [-0.2, 0) is 4.74 Å². The van der Waals surface area contributed by atoms with Crippen molar-refractivity contribution in [3.05, 3.63) is 11.8 Å². The average Bonchev–Trinajstić information content (AvgIpc) is 3.03. The molecular weight excluding hydrogens is 190 g/mol. The molecule has 4 nitrogen and oxygen atoms in total. The highest BCUT2D eigenvalue weighted by molar-refractivity contribution is 5.33. The van der Waals surface area contributed by atoms with Crippen LogP contribution in [0, 0.1) is 0 Å². The lowest BCUT2D eigenvalue weighted by atomic mass is 10.2. The van der Waals surface area contributed by atoms with Crippen molar-refractivity contribution in [2.75, 3.05) is 12.3 Å². The normalized spacial score (nSPS) is 26.8. The minimum atomic E-state index is 0.131. The van der Waals surface area contributed by atoms with Gasteiger partial charge in [-0.1, -0.05) is 0 Å². The molecule has 2 aliphatic rings. The lowest BCUT2D eigenvalue weighted by molar-refractivity contribution is -0.0409. The molecular formula is C11H17N3O. The molecule has 1 aromatic heterocycles. The first-order valence-corrected chi connectivity index (χ1v) is 5.81. The summed E-state index contributed by atoms with van der Waals surface area (Å²) in [5, 5.41) is 4.36. The molecule has 1 unspecified atom stereocenters. The molecule has 2 fully saturated rings. The number of aromatic nitrogens is 2. The van der Waals surface area contributed by atoms with E-state index in [4.69, 9.17) is 10.5 Å². The molecule has 0 spiro atoms. The Morgan fingerprint density at radius 3 is 2.87 bits per heavy atom. The summed E-state index contributed by atoms with van der Waals surface area (Å²) in [6.45, 7) is 0.856. The standard InChI is InChI=1S/C11H17N3O/c12-10-7-9(8-4-5-8)14(13-10)11-3-1-2-6-15-11/h7-8,11H,1-6H2,(H2,12,13). The predicted octanol–water partition coefficient (Wildman–Crippen LogP) is 2.04. The first kappa shape index (κ1) is 9.21. The van der Waals surface area contributed by atoms with Gasteiger partial charge in [0.05, 0.1) is 0 Å². The maximum atomic E-state index is 5.76. The number of rotatable bonds is 2. The minimum Gasteiger partial charge on any atom is -0.382 e. The van der Waals surface area contributed by atoms with Crippen molar-refractivity contribution < 1.29 is 4.74 Å². The van der Waals surface area contributed by atoms with Crippen molar-refractivity contribution >= 4 is 5.82 Å². The summed E-state index contributed by atoms with van der Waals surface area (Å²) in [4.78, 5) is 0. The Labute approximate surface area is 89.4 Å². The van der Waals surface area contributed by atoms with Crippen molar-refractivity contribution in [1.82, 2.24) is 9.78 Å². The predicted molar refractivity (Wildman–Crippen MR) is 57.5 cm³/mol. The number of ether oxygens (including phenoxy) is 1. The molecule has 0 aromatic carbocycles. The second-order valence-corrected chi connectivity index (χ2v) is 4.53. The van der Waals surface area contributed by atoms with Crippen LogP contribution in [0.1, 0.15) is 49.9 Å². The van der Waals surface area contributed by atoms with Gasteiger partial charge in [-0.15, -0.1) is 0 Å². The highest BCUT2D eigenvalue weighted by Crippen LogP contribution is 2.42. The van der Waals surface area contributed by atoms with Crippen molar-refractivity contribution in [3.8, 4) is 0 Å². The van der Waals surface area contributed by atoms with E-state index in [0.29, 0.717) is 11.7 Å². The third-order valence-electron chi connectivity index (χ3n) is 3.21. The fraction of sp³-hybridized carbons (Fsp3) is 0.727. The molecule has 3 rings (SSSR count). The summed E-state index contributed by atoms with van der Waals surface area (Å²) in [7, 11) is 0. The van der Waals surface area contributed by atoms with Gasteiger partial charge in [-0.25, -0.2) is 4.68 Å². The van der Waals surface area contributed by atoms with E-state index in [9.17, 15) is 0 Å². The van der Waals surface area contributed by atoms with E-state index >= 15 is 0 Å². The van der Waals surface area contributed by atoms with Crippen molar-refractivity contribution in [1.29, 1.82) is 0 Å². The zero-order valence-electron chi connectivity index (χ0n) is 8.85. The topological polar surface area (TPSA) is 53.1 Å². The third-order valence-corrected chi connectivity index (χ3v) is 3.21. The molecule has 0 radical (unpaired) electrons. The molecule has 1 saturated carbocycles. The molecule has 2 heterocycles. The lowest BCUT2D eigenvalue weighted by Crippen LogP contribution is -2.20. The Balaban J connectivity index is 1.87. The van der Waals surface area contributed by atoms with Gasteiger partial charge in [-0.2, -0.15) is 5.10 Å². The first-order valence-electron chi connectivity index (χ1n) is 5.81. The van der Waals surface area contributed by atoms with Crippen molar-refractivity contribution in [3.63, 3.8) is 0 Å². The van der Waals surface area contributed by atoms with Crippen LogP contribution in [0.5, 0.6) is 0 Å². The van der Waals surface area contributed by atoms with Crippen LogP contribution in [0.4, 0.5) is 5.82 Å². The Morgan fingerprint density at radius 2 is 2.20 bits per heavy atom. The Bertz CT molecular complexity index is 351. The van der Waals surface area contributed by atoms with Crippen LogP contribution in [-0.4, -0.2) is 16.4 Å². The van der Waals surface area contributed by atoms with Gasteiger partial charge >= 0.3 is 0 Å². The summed E-state index contributed by atoms with van der Waals surface area (Å²) >= 11 is 0. The van der Waals surface area contributed by atoms with E-state index in [0.717, 1.165) is 13.0 Å². The number of hydrogen-bond acceptors (Lipinski definition) is 3. The van der Waals surface area contributed by atoms with Crippen LogP contribution in [0.25, 0.3) is 0 Å². The zero-order chi connectivity index (χ0) is 10.3. The minimum absolute atomic E-state index is 0.131. The van der Waals surface area contributed by atoms with Crippen LogP contribution < -0.4 is 5.73 Å². The summed E-state index contributed by atoms with van der Waals surface area (Å²) in [6.07, 6.45) is 6.16. The maximum absolute atomic E-state index is 5.76. The van der Waals surface area contributed by atoms with E-state index in [-0.39, 0.29) is 6.23 Å². The number of nitrogen functional groups attached to an aromatic ring is 1. The Kier molecular flexibility index (Phi) is 2.16. The number of nitrogens with zero attached hydrogens (tertiary/aromatic N) is 2. The smallest absolute Gasteiger partial charge is 0.150 e. The van der Waals surface area contributed by atoms with Crippen LogP contribution in [0.15, 0.2) is 6.07 Å². The average molecular weight is 207 g/mol. The third kappa shape index (κ3) is 1.74. The molecule has 1 aromatic rings. The van der Waals surface area contributed by atoms with Gasteiger partial charge in [-0.3, -0.25) is 0 Å². The van der Waals surface area contributed by atoms with E-state index < -0.39 is 0 Å². The summed E-state index contributed by atoms with van der Waals surface area (Å²) in [6, 6.07) is 2.01. The molecule has 1 aliphatic carbocycles. The Morgan fingerprint density at radius 1 is 1.33 bits per heavy atom. The largest absolute Gasteiger partial charge is 0.382 e. The van der Waals surface area contributed by atoms with Gasteiger partial charge in [0, 0.05) is 24.3 Å². The first-order chi connectivity index (χ1) is 7.34. The lowest BCUT2D eigenvalue weighted by Gasteiger charge is -2.24. The molecule has 0 bridgehead atoms. The molecule has 82 valence electrons. The highest BCUT2D eigenvalue weighted by atomic mass is 16.5. The zero-order valence-corrected chi connectivity index (χ0v) is 8.85. The molecule has 2 N–H and O–H groups in total. The fourth-order valence-corrected chi connectivity index (χ4v) is 2.26. The molecule has 1 aliphatic heterocycles. The second-order valence-electron chi connectivity index (χ2n) is 4.53. The number of hydrogen-bond donors (Lipinski definition) is 1. The monoisotopic (exact) mass is 207 g/mol. The van der Waals surface area contributed by atoms with Gasteiger partial charge < -0.3 is 10.5 Å².